The van der Waals surface area contributed by atoms with Gasteiger partial charge in [0.25, 0.3) is 5.91 Å². The van der Waals surface area contributed by atoms with Crippen LogP contribution in [0.5, 0.6) is 11.5 Å². The molecule has 0 aliphatic rings. The first-order valence-electron chi connectivity index (χ1n) is 9.11. The van der Waals surface area contributed by atoms with Crippen LogP contribution in [0, 0.1) is 13.8 Å². The fourth-order valence-electron chi connectivity index (χ4n) is 2.92. The highest BCUT2D eigenvalue weighted by Crippen LogP contribution is 2.25. The second-order valence-electron chi connectivity index (χ2n) is 6.74. The topological polar surface area (TPSA) is 51.7 Å². The summed E-state index contributed by atoms with van der Waals surface area (Å²) >= 11 is 7.24. The smallest absolute Gasteiger partial charge is 0.265 e. The molecule has 0 unspecified atom stereocenters. The van der Waals surface area contributed by atoms with Crippen LogP contribution < -0.4 is 9.47 Å². The molecule has 29 heavy (non-hydrogen) atoms. The molecule has 7 heteroatoms. The van der Waals surface area contributed by atoms with Crippen molar-refractivity contribution >= 4 is 28.8 Å². The quantitative estimate of drug-likeness (QED) is 0.512. The zero-order valence-electron chi connectivity index (χ0n) is 16.9. The number of aromatic nitrogens is 1. The molecular weight excluding hydrogens is 408 g/mol. The van der Waals surface area contributed by atoms with Crippen LogP contribution in [0.15, 0.2) is 42.5 Å². The molecule has 0 bridgehead atoms. The van der Waals surface area contributed by atoms with E-state index in [-0.39, 0.29) is 5.91 Å². The van der Waals surface area contributed by atoms with Gasteiger partial charge in [0.05, 0.1) is 12.8 Å². The summed E-state index contributed by atoms with van der Waals surface area (Å²) in [6, 6.07) is 13.1. The number of methoxy groups -OCH3 is 1. The van der Waals surface area contributed by atoms with Gasteiger partial charge < -0.3 is 14.4 Å². The molecule has 0 N–H and O–H groups in total. The Labute approximate surface area is 179 Å². The Morgan fingerprint density at radius 3 is 2.59 bits per heavy atom. The number of halogens is 1. The van der Waals surface area contributed by atoms with E-state index in [0.717, 1.165) is 21.9 Å². The minimum absolute atomic E-state index is 0.0682. The zero-order valence-corrected chi connectivity index (χ0v) is 18.4. The van der Waals surface area contributed by atoms with E-state index in [1.54, 1.807) is 43.3 Å². The van der Waals surface area contributed by atoms with Crippen molar-refractivity contribution in [3.8, 4) is 11.5 Å². The summed E-state index contributed by atoms with van der Waals surface area (Å²) in [5.41, 5.74) is 2.80. The number of amides is 1. The van der Waals surface area contributed by atoms with Gasteiger partial charge in [0, 0.05) is 24.2 Å². The van der Waals surface area contributed by atoms with Crippen molar-refractivity contribution in [2.24, 2.45) is 0 Å². The van der Waals surface area contributed by atoms with Gasteiger partial charge >= 0.3 is 0 Å². The van der Waals surface area contributed by atoms with Crippen LogP contribution in [0.3, 0.4) is 0 Å². The van der Waals surface area contributed by atoms with Crippen molar-refractivity contribution < 1.29 is 14.3 Å². The highest BCUT2D eigenvalue weighted by Gasteiger charge is 2.20. The number of benzene rings is 2. The standard InChI is InChI=1S/C22H23ClN2O3S/c1-14-5-10-19(27-4)16(11-14)12-25(3)22(26)21-15(2)24-20(29-21)13-28-18-8-6-17(23)7-9-18/h5-11H,12-13H2,1-4H3. The number of nitrogens with zero attached hydrogens (tertiary/aromatic N) is 2. The first kappa shape index (κ1) is 21.1. The Kier molecular flexibility index (Phi) is 6.77. The molecule has 0 aliphatic carbocycles. The summed E-state index contributed by atoms with van der Waals surface area (Å²) in [6.07, 6.45) is 0. The molecule has 1 aromatic heterocycles. The van der Waals surface area contributed by atoms with Crippen LogP contribution in [-0.2, 0) is 13.2 Å². The Morgan fingerprint density at radius 2 is 1.90 bits per heavy atom. The summed E-state index contributed by atoms with van der Waals surface area (Å²) in [6.45, 7) is 4.62. The molecular formula is C22H23ClN2O3S. The summed E-state index contributed by atoms with van der Waals surface area (Å²) in [5.74, 6) is 1.41. The molecule has 5 nitrogen and oxygen atoms in total. The molecule has 0 radical (unpaired) electrons. The number of carbonyl (C=O) groups excluding carboxylic acids is 1. The van der Waals surface area contributed by atoms with Crippen LogP contribution in [0.1, 0.15) is 31.5 Å². The monoisotopic (exact) mass is 430 g/mol. The number of carbonyl (C=O) groups is 1. The first-order chi connectivity index (χ1) is 13.9. The van der Waals surface area contributed by atoms with Crippen molar-refractivity contribution in [1.82, 2.24) is 9.88 Å². The maximum Gasteiger partial charge on any atom is 0.265 e. The average molecular weight is 431 g/mol. The Hall–Kier alpha value is -2.57. The second kappa shape index (κ2) is 9.29. The van der Waals surface area contributed by atoms with Gasteiger partial charge in [0.1, 0.15) is 28.0 Å². The number of hydrogen-bond donors (Lipinski definition) is 0. The van der Waals surface area contributed by atoms with Gasteiger partial charge in [-0.05, 0) is 44.2 Å². The van der Waals surface area contributed by atoms with E-state index >= 15 is 0 Å². The van der Waals surface area contributed by atoms with Crippen LogP contribution >= 0.6 is 22.9 Å². The van der Waals surface area contributed by atoms with E-state index in [1.165, 1.54) is 11.3 Å². The van der Waals surface area contributed by atoms with E-state index in [4.69, 9.17) is 21.1 Å². The van der Waals surface area contributed by atoms with Crippen LogP contribution in [0.25, 0.3) is 0 Å². The number of hydrogen-bond acceptors (Lipinski definition) is 5. The largest absolute Gasteiger partial charge is 0.496 e. The second-order valence-corrected chi connectivity index (χ2v) is 8.26. The Morgan fingerprint density at radius 1 is 1.17 bits per heavy atom. The molecule has 152 valence electrons. The fourth-order valence-corrected chi connectivity index (χ4v) is 4.02. The minimum Gasteiger partial charge on any atom is -0.496 e. The SMILES string of the molecule is COc1ccc(C)cc1CN(C)C(=O)c1sc(COc2ccc(Cl)cc2)nc1C. The number of rotatable bonds is 7. The first-order valence-corrected chi connectivity index (χ1v) is 10.3. The number of ether oxygens (including phenoxy) is 2. The lowest BCUT2D eigenvalue weighted by Gasteiger charge is -2.18. The van der Waals surface area contributed by atoms with E-state index in [1.807, 2.05) is 32.0 Å². The summed E-state index contributed by atoms with van der Waals surface area (Å²) in [5, 5.41) is 1.41. The average Bonchev–Trinajstić information content (AvgIpc) is 3.07. The lowest BCUT2D eigenvalue weighted by atomic mass is 10.1. The van der Waals surface area contributed by atoms with Gasteiger partial charge in [-0.15, -0.1) is 11.3 Å². The predicted molar refractivity (Wildman–Crippen MR) is 116 cm³/mol. The number of aryl methyl sites for hydroxylation is 2. The highest BCUT2D eigenvalue weighted by molar-refractivity contribution is 7.13. The van der Waals surface area contributed by atoms with Crippen LogP contribution in [0.4, 0.5) is 0 Å². The molecule has 0 atom stereocenters. The van der Waals surface area contributed by atoms with Gasteiger partial charge in [0.2, 0.25) is 0 Å². The molecule has 2 aromatic carbocycles. The van der Waals surface area contributed by atoms with E-state index < -0.39 is 0 Å². The molecule has 3 aromatic rings. The molecule has 3 rings (SSSR count). The Bertz CT molecular complexity index is 1000. The van der Waals surface area contributed by atoms with E-state index in [2.05, 4.69) is 4.98 Å². The van der Waals surface area contributed by atoms with Gasteiger partial charge in [-0.2, -0.15) is 0 Å². The lowest BCUT2D eigenvalue weighted by Crippen LogP contribution is -2.26. The van der Waals surface area contributed by atoms with Gasteiger partial charge in [-0.1, -0.05) is 29.3 Å². The van der Waals surface area contributed by atoms with Crippen LogP contribution in [0.2, 0.25) is 5.02 Å². The van der Waals surface area contributed by atoms with Crippen molar-refractivity contribution in [1.29, 1.82) is 0 Å². The van der Waals surface area contributed by atoms with Crippen molar-refractivity contribution in [3.05, 3.63) is 74.2 Å². The maximum atomic E-state index is 13.0. The third kappa shape index (κ3) is 5.28. The van der Waals surface area contributed by atoms with Gasteiger partial charge in [-0.3, -0.25) is 4.79 Å². The molecule has 0 spiro atoms. The summed E-state index contributed by atoms with van der Waals surface area (Å²) in [7, 11) is 3.42. The third-order valence-electron chi connectivity index (χ3n) is 4.40. The summed E-state index contributed by atoms with van der Waals surface area (Å²) in [4.78, 5) is 19.8. The zero-order chi connectivity index (χ0) is 21.0. The highest BCUT2D eigenvalue weighted by atomic mass is 35.5. The molecule has 0 saturated heterocycles. The fraction of sp³-hybridized carbons (Fsp3) is 0.273. The number of thiazole rings is 1. The molecule has 0 aliphatic heterocycles. The van der Waals surface area contributed by atoms with E-state index in [0.29, 0.717) is 34.5 Å². The molecule has 0 fully saturated rings. The van der Waals surface area contributed by atoms with E-state index in [9.17, 15) is 4.79 Å². The van der Waals surface area contributed by atoms with Crippen molar-refractivity contribution in [2.45, 2.75) is 27.0 Å². The predicted octanol–water partition coefficient (Wildman–Crippen LogP) is 5.27. The van der Waals surface area contributed by atoms with Crippen LogP contribution in [-0.4, -0.2) is 29.9 Å². The Balaban J connectivity index is 1.69. The third-order valence-corrected chi connectivity index (χ3v) is 5.77. The molecule has 1 heterocycles. The summed E-state index contributed by atoms with van der Waals surface area (Å²) < 4.78 is 11.2. The maximum absolute atomic E-state index is 13.0. The van der Waals surface area contributed by atoms with Gasteiger partial charge in [-0.25, -0.2) is 4.98 Å². The molecule has 0 saturated carbocycles. The minimum atomic E-state index is -0.0682. The van der Waals surface area contributed by atoms with Crippen molar-refractivity contribution in [3.63, 3.8) is 0 Å². The normalized spacial score (nSPS) is 10.7. The van der Waals surface area contributed by atoms with Gasteiger partial charge in [0.15, 0.2) is 0 Å². The van der Waals surface area contributed by atoms with Crippen molar-refractivity contribution in [2.75, 3.05) is 14.2 Å². The molecule has 1 amide bonds. The lowest BCUT2D eigenvalue weighted by molar-refractivity contribution is 0.0788.